The first kappa shape index (κ1) is 16.9. The van der Waals surface area contributed by atoms with Gasteiger partial charge in [0.2, 0.25) is 5.91 Å². The molecule has 3 aromatic rings. The van der Waals surface area contributed by atoms with E-state index in [2.05, 4.69) is 15.6 Å². The number of halogens is 1. The van der Waals surface area contributed by atoms with Gasteiger partial charge >= 0.3 is 6.03 Å². The Bertz CT molecular complexity index is 933. The van der Waals surface area contributed by atoms with E-state index in [9.17, 15) is 14.0 Å². The van der Waals surface area contributed by atoms with Crippen molar-refractivity contribution in [2.24, 2.45) is 0 Å². The van der Waals surface area contributed by atoms with E-state index >= 15 is 0 Å². The third-order valence-corrected chi connectivity index (χ3v) is 4.23. The number of hydrogen-bond acceptors (Lipinski definition) is 4. The first-order valence-corrected chi connectivity index (χ1v) is 8.44. The molecule has 126 valence electrons. The second-order valence-electron chi connectivity index (χ2n) is 5.11. The lowest BCUT2D eigenvalue weighted by Gasteiger charge is -2.07. The molecule has 2 N–H and O–H groups in total. The lowest BCUT2D eigenvalue weighted by atomic mass is 10.2. The summed E-state index contributed by atoms with van der Waals surface area (Å²) in [6.45, 7) is 0. The number of thioether (sulfide) groups is 1. The molecule has 0 unspecified atom stereocenters. The van der Waals surface area contributed by atoms with Gasteiger partial charge in [0.1, 0.15) is 5.82 Å². The molecule has 2 aromatic carbocycles. The number of anilines is 1. The Morgan fingerprint density at radius 1 is 1.00 bits per heavy atom. The van der Waals surface area contributed by atoms with Crippen LogP contribution in [0, 0.1) is 5.82 Å². The Balaban J connectivity index is 1.53. The lowest BCUT2D eigenvalue weighted by molar-refractivity contribution is -0.117. The Morgan fingerprint density at radius 3 is 2.60 bits per heavy atom. The fourth-order valence-corrected chi connectivity index (χ4v) is 2.82. The summed E-state index contributed by atoms with van der Waals surface area (Å²) in [6, 6.07) is 16.4. The van der Waals surface area contributed by atoms with Gasteiger partial charge in [-0.2, -0.15) is 0 Å². The number of aromatic nitrogens is 1. The van der Waals surface area contributed by atoms with Gasteiger partial charge in [0, 0.05) is 5.39 Å². The van der Waals surface area contributed by atoms with Crippen LogP contribution >= 0.6 is 11.8 Å². The van der Waals surface area contributed by atoms with Crippen LogP contribution in [0.25, 0.3) is 10.9 Å². The summed E-state index contributed by atoms with van der Waals surface area (Å²) in [6.07, 6.45) is 0. The molecule has 0 aliphatic rings. The molecular weight excluding hydrogens is 341 g/mol. The summed E-state index contributed by atoms with van der Waals surface area (Å²) in [7, 11) is 0. The predicted molar refractivity (Wildman–Crippen MR) is 96.0 cm³/mol. The quantitative estimate of drug-likeness (QED) is 0.698. The molecule has 0 saturated heterocycles. The van der Waals surface area contributed by atoms with Gasteiger partial charge in [-0.15, -0.1) is 0 Å². The third-order valence-electron chi connectivity index (χ3n) is 3.30. The van der Waals surface area contributed by atoms with Crippen LogP contribution in [0.4, 0.5) is 14.9 Å². The molecule has 3 amide bonds. The van der Waals surface area contributed by atoms with Gasteiger partial charge in [-0.1, -0.05) is 48.2 Å². The third kappa shape index (κ3) is 4.54. The highest BCUT2D eigenvalue weighted by Crippen LogP contribution is 2.19. The van der Waals surface area contributed by atoms with E-state index in [0.717, 1.165) is 10.9 Å². The van der Waals surface area contributed by atoms with E-state index in [-0.39, 0.29) is 11.4 Å². The van der Waals surface area contributed by atoms with Crippen LogP contribution in [0.3, 0.4) is 0 Å². The number of pyridine rings is 1. The summed E-state index contributed by atoms with van der Waals surface area (Å²) in [5.74, 6) is -1.04. The van der Waals surface area contributed by atoms with Crippen LogP contribution in [-0.4, -0.2) is 22.7 Å². The van der Waals surface area contributed by atoms with Gasteiger partial charge in [0.05, 0.1) is 22.0 Å². The molecule has 0 fully saturated rings. The molecule has 1 aromatic heterocycles. The van der Waals surface area contributed by atoms with Crippen molar-refractivity contribution in [3.05, 3.63) is 66.5 Å². The first-order valence-electron chi connectivity index (χ1n) is 7.46. The van der Waals surface area contributed by atoms with Gasteiger partial charge in [-0.3, -0.25) is 10.1 Å². The van der Waals surface area contributed by atoms with E-state index in [0.29, 0.717) is 5.03 Å². The van der Waals surface area contributed by atoms with Crippen molar-refractivity contribution < 1.29 is 14.0 Å². The molecule has 0 aliphatic carbocycles. The summed E-state index contributed by atoms with van der Waals surface area (Å²) in [5, 5.41) is 6.15. The van der Waals surface area contributed by atoms with Gasteiger partial charge in [-0.05, 0) is 24.3 Å². The molecule has 0 aliphatic heterocycles. The minimum Gasteiger partial charge on any atom is -0.305 e. The van der Waals surface area contributed by atoms with E-state index < -0.39 is 17.8 Å². The molecule has 7 heteroatoms. The minimum absolute atomic E-state index is 0.0108. The maximum atomic E-state index is 13.4. The van der Waals surface area contributed by atoms with E-state index in [1.54, 1.807) is 6.07 Å². The number of hydrogen-bond donors (Lipinski definition) is 2. The van der Waals surface area contributed by atoms with Crippen LogP contribution in [-0.2, 0) is 4.79 Å². The second-order valence-corrected chi connectivity index (χ2v) is 6.11. The number of imide groups is 1. The predicted octanol–water partition coefficient (Wildman–Crippen LogP) is 3.81. The number of urea groups is 1. The van der Waals surface area contributed by atoms with Crippen molar-refractivity contribution in [3.8, 4) is 0 Å². The van der Waals surface area contributed by atoms with Crippen LogP contribution in [0.2, 0.25) is 0 Å². The number of nitrogens with one attached hydrogen (secondary N) is 2. The van der Waals surface area contributed by atoms with E-state index in [4.69, 9.17) is 0 Å². The zero-order chi connectivity index (χ0) is 17.6. The Morgan fingerprint density at radius 2 is 1.76 bits per heavy atom. The smallest absolute Gasteiger partial charge is 0.305 e. The molecule has 5 nitrogen and oxygen atoms in total. The monoisotopic (exact) mass is 355 g/mol. The fourth-order valence-electron chi connectivity index (χ4n) is 2.15. The summed E-state index contributed by atoms with van der Waals surface area (Å²) in [5.41, 5.74) is 0.849. The number of benzene rings is 2. The average molecular weight is 355 g/mol. The van der Waals surface area contributed by atoms with E-state index in [1.807, 2.05) is 36.4 Å². The van der Waals surface area contributed by atoms with Crippen LogP contribution in [0.1, 0.15) is 0 Å². The van der Waals surface area contributed by atoms with E-state index in [1.165, 1.54) is 30.0 Å². The zero-order valence-electron chi connectivity index (χ0n) is 13.0. The van der Waals surface area contributed by atoms with Crippen molar-refractivity contribution >= 4 is 40.3 Å². The zero-order valence-corrected chi connectivity index (χ0v) is 13.8. The fraction of sp³-hybridized carbons (Fsp3) is 0.0556. The summed E-state index contributed by atoms with van der Waals surface area (Å²) in [4.78, 5) is 28.0. The molecule has 3 rings (SSSR count). The van der Waals surface area contributed by atoms with Crippen LogP contribution in [0.5, 0.6) is 0 Å². The number of para-hydroxylation sites is 2. The number of rotatable bonds is 4. The topological polar surface area (TPSA) is 71.1 Å². The molecule has 0 bridgehead atoms. The van der Waals surface area contributed by atoms with Crippen molar-refractivity contribution in [3.63, 3.8) is 0 Å². The molecule has 0 spiro atoms. The van der Waals surface area contributed by atoms with Gasteiger partial charge in [0.15, 0.2) is 0 Å². The summed E-state index contributed by atoms with van der Waals surface area (Å²) < 4.78 is 13.4. The molecule has 0 radical (unpaired) electrons. The van der Waals surface area contributed by atoms with Crippen molar-refractivity contribution in [1.29, 1.82) is 0 Å². The number of nitrogens with zero attached hydrogens (tertiary/aromatic N) is 1. The van der Waals surface area contributed by atoms with Crippen LogP contribution < -0.4 is 10.6 Å². The van der Waals surface area contributed by atoms with Crippen molar-refractivity contribution in [1.82, 2.24) is 10.3 Å². The molecule has 25 heavy (non-hydrogen) atoms. The number of carbonyl (C=O) groups excluding carboxylic acids is 2. The Hall–Kier alpha value is -2.93. The molecular formula is C18H14FN3O2S. The highest BCUT2D eigenvalue weighted by molar-refractivity contribution is 7.99. The lowest BCUT2D eigenvalue weighted by Crippen LogP contribution is -2.35. The van der Waals surface area contributed by atoms with Crippen molar-refractivity contribution in [2.75, 3.05) is 11.1 Å². The minimum atomic E-state index is -0.776. The second kappa shape index (κ2) is 7.76. The number of amides is 3. The Kier molecular flexibility index (Phi) is 5.25. The first-order chi connectivity index (χ1) is 12.1. The number of fused-ring (bicyclic) bond motifs is 1. The van der Waals surface area contributed by atoms with Gasteiger partial charge in [-0.25, -0.2) is 14.2 Å². The molecule has 0 atom stereocenters. The highest BCUT2D eigenvalue weighted by Gasteiger charge is 2.11. The normalized spacial score (nSPS) is 10.4. The molecule has 1 heterocycles. The molecule has 0 saturated carbocycles. The summed E-state index contributed by atoms with van der Waals surface area (Å²) >= 11 is 1.22. The highest BCUT2D eigenvalue weighted by atomic mass is 32.2. The van der Waals surface area contributed by atoms with Crippen LogP contribution in [0.15, 0.2) is 65.7 Å². The van der Waals surface area contributed by atoms with Gasteiger partial charge in [0.25, 0.3) is 0 Å². The maximum Gasteiger partial charge on any atom is 0.325 e. The average Bonchev–Trinajstić information content (AvgIpc) is 2.62. The van der Waals surface area contributed by atoms with Gasteiger partial charge < -0.3 is 5.32 Å². The maximum absolute atomic E-state index is 13.4. The standard InChI is InChI=1S/C18H14FN3O2S/c19-13-6-2-4-8-15(13)21-18(24)22-16(23)11-25-17-10-9-12-5-1-3-7-14(12)20-17/h1-10H,11H2,(H2,21,22,23,24). The SMILES string of the molecule is O=C(CSc1ccc2ccccc2n1)NC(=O)Nc1ccccc1F. The number of carbonyl (C=O) groups is 2. The largest absolute Gasteiger partial charge is 0.325 e. The van der Waals surface area contributed by atoms with Crippen molar-refractivity contribution in [2.45, 2.75) is 5.03 Å². The Labute approximate surface area is 147 Å².